The van der Waals surface area contributed by atoms with E-state index < -0.39 is 17.6 Å². The first-order chi connectivity index (χ1) is 11.7. The van der Waals surface area contributed by atoms with Crippen LogP contribution >= 0.6 is 15.9 Å². The first-order valence-electron chi connectivity index (χ1n) is 6.79. The molecule has 2 aromatic carbocycles. The van der Waals surface area contributed by atoms with Crippen molar-refractivity contribution in [3.05, 3.63) is 57.6 Å². The highest BCUT2D eigenvalue weighted by Gasteiger charge is 2.30. The number of halogens is 4. The monoisotopic (exact) mass is 416 g/mol. The molecule has 5 nitrogen and oxygen atoms in total. The van der Waals surface area contributed by atoms with Crippen LogP contribution in [-0.4, -0.2) is 24.3 Å². The lowest BCUT2D eigenvalue weighted by atomic mass is 10.1. The van der Waals surface area contributed by atoms with Crippen LogP contribution in [0.2, 0.25) is 0 Å². The molecule has 0 aliphatic rings. The van der Waals surface area contributed by atoms with Gasteiger partial charge in [-0.1, -0.05) is 0 Å². The molecule has 1 amide bonds. The van der Waals surface area contributed by atoms with Crippen LogP contribution in [-0.2, 0) is 6.18 Å². The average molecular weight is 417 g/mol. The van der Waals surface area contributed by atoms with Gasteiger partial charge < -0.3 is 9.84 Å². The highest BCUT2D eigenvalue weighted by molar-refractivity contribution is 9.10. The Morgan fingerprint density at radius 2 is 1.92 bits per heavy atom. The number of phenolic OH excluding ortho intramolecular Hbond substituents is 1. The average Bonchev–Trinajstić information content (AvgIpc) is 2.57. The van der Waals surface area contributed by atoms with E-state index in [1.165, 1.54) is 19.4 Å². The molecular formula is C16H12BrF3N2O3. The number of hydrogen-bond acceptors (Lipinski definition) is 4. The van der Waals surface area contributed by atoms with Gasteiger partial charge in [0.2, 0.25) is 0 Å². The Kier molecular flexibility index (Phi) is 5.68. The van der Waals surface area contributed by atoms with E-state index in [4.69, 9.17) is 4.74 Å². The molecule has 0 aliphatic heterocycles. The fraction of sp³-hybridized carbons (Fsp3) is 0.125. The fourth-order valence-electron chi connectivity index (χ4n) is 1.85. The number of rotatable bonds is 4. The maximum absolute atomic E-state index is 12.5. The van der Waals surface area contributed by atoms with Gasteiger partial charge in [0.1, 0.15) is 11.5 Å². The van der Waals surface area contributed by atoms with Gasteiger partial charge in [-0.25, -0.2) is 5.43 Å². The van der Waals surface area contributed by atoms with Gasteiger partial charge in [-0.2, -0.15) is 18.3 Å². The number of aromatic hydroxyl groups is 1. The van der Waals surface area contributed by atoms with E-state index >= 15 is 0 Å². The van der Waals surface area contributed by atoms with Gasteiger partial charge >= 0.3 is 6.18 Å². The number of methoxy groups -OCH3 is 1. The number of hydrogen-bond donors (Lipinski definition) is 2. The van der Waals surface area contributed by atoms with Gasteiger partial charge in [-0.05, 0) is 52.3 Å². The smallest absolute Gasteiger partial charge is 0.416 e. The number of benzene rings is 2. The van der Waals surface area contributed by atoms with E-state index in [1.807, 2.05) is 0 Å². The summed E-state index contributed by atoms with van der Waals surface area (Å²) in [6.45, 7) is 0. The molecule has 0 atom stereocenters. The van der Waals surface area contributed by atoms with E-state index in [9.17, 15) is 23.1 Å². The molecule has 132 valence electrons. The molecule has 2 rings (SSSR count). The van der Waals surface area contributed by atoms with Gasteiger partial charge in [0.15, 0.2) is 0 Å². The molecule has 2 aromatic rings. The van der Waals surface area contributed by atoms with Gasteiger partial charge in [-0.15, -0.1) is 0 Å². The summed E-state index contributed by atoms with van der Waals surface area (Å²) in [5, 5.41) is 13.6. The Morgan fingerprint density at radius 3 is 2.48 bits per heavy atom. The van der Waals surface area contributed by atoms with Crippen LogP contribution in [0.5, 0.6) is 11.5 Å². The zero-order chi connectivity index (χ0) is 18.6. The number of ether oxygens (including phenoxy) is 1. The lowest BCUT2D eigenvalue weighted by Crippen LogP contribution is -2.18. The van der Waals surface area contributed by atoms with E-state index in [0.717, 1.165) is 24.3 Å². The minimum atomic E-state index is -4.47. The van der Waals surface area contributed by atoms with Crippen LogP contribution in [0.3, 0.4) is 0 Å². The van der Waals surface area contributed by atoms with Crippen molar-refractivity contribution in [2.75, 3.05) is 7.11 Å². The summed E-state index contributed by atoms with van der Waals surface area (Å²) < 4.78 is 42.9. The summed E-state index contributed by atoms with van der Waals surface area (Å²) in [5.74, 6) is -0.333. The van der Waals surface area contributed by atoms with Gasteiger partial charge in [-0.3, -0.25) is 4.79 Å². The normalized spacial score (nSPS) is 11.6. The summed E-state index contributed by atoms with van der Waals surface area (Å²) in [6.07, 6.45) is -3.28. The third-order valence-electron chi connectivity index (χ3n) is 3.15. The van der Waals surface area contributed by atoms with Crippen LogP contribution < -0.4 is 10.2 Å². The number of carbonyl (C=O) groups excluding carboxylic acids is 1. The summed E-state index contributed by atoms with van der Waals surface area (Å²) >= 11 is 3.15. The maximum Gasteiger partial charge on any atom is 0.416 e. The molecular weight excluding hydrogens is 405 g/mol. The first-order valence-corrected chi connectivity index (χ1v) is 7.59. The van der Waals surface area contributed by atoms with Crippen molar-refractivity contribution in [3.8, 4) is 11.5 Å². The predicted octanol–water partition coefficient (Wildman–Crippen LogP) is 3.95. The highest BCUT2D eigenvalue weighted by atomic mass is 79.9. The number of hydrazone groups is 1. The molecule has 0 saturated carbocycles. The first kappa shape index (κ1) is 18.8. The molecule has 0 aromatic heterocycles. The van der Waals surface area contributed by atoms with Crippen molar-refractivity contribution in [2.24, 2.45) is 5.10 Å². The second-order valence-corrected chi connectivity index (χ2v) is 5.68. The molecule has 9 heteroatoms. The van der Waals surface area contributed by atoms with Crippen molar-refractivity contribution in [3.63, 3.8) is 0 Å². The van der Waals surface area contributed by atoms with E-state index in [-0.39, 0.29) is 16.9 Å². The summed E-state index contributed by atoms with van der Waals surface area (Å²) in [4.78, 5) is 11.9. The number of carbonyl (C=O) groups is 1. The summed E-state index contributed by atoms with van der Waals surface area (Å²) in [6, 6.07) is 6.76. The van der Waals surface area contributed by atoms with E-state index in [2.05, 4.69) is 26.5 Å². The maximum atomic E-state index is 12.5. The number of phenols is 1. The standard InChI is InChI=1S/C16H12BrF3N2O3/c1-25-12-6-10(14(23)13(17)7-12)8-21-22-15(24)9-2-4-11(5-3-9)16(18,19)20/h2-8,23H,1H3,(H,22,24)/b21-8-. The summed E-state index contributed by atoms with van der Waals surface area (Å²) in [5.41, 5.74) is 1.62. The Labute approximate surface area is 149 Å². The van der Waals surface area contributed by atoms with Crippen molar-refractivity contribution >= 4 is 28.1 Å². The third kappa shape index (κ3) is 4.72. The molecule has 2 N–H and O–H groups in total. The van der Waals surface area contributed by atoms with E-state index in [1.54, 1.807) is 6.07 Å². The van der Waals surface area contributed by atoms with Crippen LogP contribution in [0.25, 0.3) is 0 Å². The van der Waals surface area contributed by atoms with Crippen molar-refractivity contribution < 1.29 is 27.8 Å². The fourth-order valence-corrected chi connectivity index (χ4v) is 2.30. The Bertz CT molecular complexity index is 806. The van der Waals surface area contributed by atoms with E-state index in [0.29, 0.717) is 10.2 Å². The molecule has 0 radical (unpaired) electrons. The molecule has 0 aliphatic carbocycles. The van der Waals surface area contributed by atoms with Crippen LogP contribution in [0, 0.1) is 0 Å². The molecule has 0 saturated heterocycles. The second kappa shape index (κ2) is 7.56. The lowest BCUT2D eigenvalue weighted by molar-refractivity contribution is -0.137. The Morgan fingerprint density at radius 1 is 1.28 bits per heavy atom. The van der Waals surface area contributed by atoms with Crippen LogP contribution in [0.15, 0.2) is 46.0 Å². The minimum Gasteiger partial charge on any atom is -0.506 e. The predicted molar refractivity (Wildman–Crippen MR) is 88.9 cm³/mol. The summed E-state index contributed by atoms with van der Waals surface area (Å²) in [7, 11) is 1.45. The van der Waals surface area contributed by atoms with Crippen molar-refractivity contribution in [1.29, 1.82) is 0 Å². The minimum absolute atomic E-state index is 0.0150. The lowest BCUT2D eigenvalue weighted by Gasteiger charge is -2.07. The van der Waals surface area contributed by atoms with Gasteiger partial charge in [0.05, 0.1) is 23.4 Å². The molecule has 0 unspecified atom stereocenters. The van der Waals surface area contributed by atoms with Crippen molar-refractivity contribution in [2.45, 2.75) is 6.18 Å². The van der Waals surface area contributed by atoms with Crippen molar-refractivity contribution in [1.82, 2.24) is 5.43 Å². The van der Waals surface area contributed by atoms with Gasteiger partial charge in [0, 0.05) is 11.1 Å². The van der Waals surface area contributed by atoms with Crippen LogP contribution in [0.1, 0.15) is 21.5 Å². The molecule has 0 spiro atoms. The van der Waals surface area contributed by atoms with Gasteiger partial charge in [0.25, 0.3) is 5.91 Å². The molecule has 0 fully saturated rings. The topological polar surface area (TPSA) is 70.9 Å². The number of amides is 1. The zero-order valence-corrected chi connectivity index (χ0v) is 14.4. The Balaban J connectivity index is 2.09. The highest BCUT2D eigenvalue weighted by Crippen LogP contribution is 2.31. The number of nitrogens with zero attached hydrogens (tertiary/aromatic N) is 1. The number of alkyl halides is 3. The quantitative estimate of drug-likeness (QED) is 0.585. The SMILES string of the molecule is COc1cc(Br)c(O)c(/C=N\NC(=O)c2ccc(C(F)(F)F)cc2)c1. The molecule has 25 heavy (non-hydrogen) atoms. The molecule has 0 bridgehead atoms. The Hall–Kier alpha value is -2.55. The van der Waals surface area contributed by atoms with Crippen LogP contribution in [0.4, 0.5) is 13.2 Å². The largest absolute Gasteiger partial charge is 0.506 e. The second-order valence-electron chi connectivity index (χ2n) is 4.82. The number of nitrogens with one attached hydrogen (secondary N) is 1. The third-order valence-corrected chi connectivity index (χ3v) is 3.75. The zero-order valence-electron chi connectivity index (χ0n) is 12.8. The molecule has 0 heterocycles.